The normalized spacial score (nSPS) is 10.9. The molecule has 3 aromatic carbocycles. The highest BCUT2D eigenvalue weighted by molar-refractivity contribution is 6.09. The van der Waals surface area contributed by atoms with E-state index in [0.717, 1.165) is 27.3 Å². The van der Waals surface area contributed by atoms with Crippen molar-refractivity contribution in [3.63, 3.8) is 0 Å². The van der Waals surface area contributed by atoms with Crippen molar-refractivity contribution < 1.29 is 4.79 Å². The fourth-order valence-electron chi connectivity index (χ4n) is 3.22. The zero-order valence-electron chi connectivity index (χ0n) is 14.7. The number of nitrogens with two attached hydrogens (primary N) is 1. The van der Waals surface area contributed by atoms with Gasteiger partial charge < -0.3 is 11.1 Å². The first kappa shape index (κ1) is 16.8. The monoisotopic (exact) mass is 355 g/mol. The first-order valence-corrected chi connectivity index (χ1v) is 8.52. The molecule has 0 fully saturated rings. The van der Waals surface area contributed by atoms with Gasteiger partial charge in [-0.25, -0.2) is 0 Å². The molecule has 6 heteroatoms. The minimum Gasteiger partial charge on any atom is -0.326 e. The van der Waals surface area contributed by atoms with E-state index < -0.39 is 0 Å². The number of aromatic amines is 1. The summed E-state index contributed by atoms with van der Waals surface area (Å²) in [6.07, 6.45) is 0. The number of rotatable bonds is 3. The van der Waals surface area contributed by atoms with Crippen LogP contribution in [0.25, 0.3) is 21.7 Å². The Morgan fingerprint density at radius 2 is 2.07 bits per heavy atom. The summed E-state index contributed by atoms with van der Waals surface area (Å²) in [6.45, 7) is 2.27. The first-order valence-electron chi connectivity index (χ1n) is 8.52. The maximum absolute atomic E-state index is 12.8. The summed E-state index contributed by atoms with van der Waals surface area (Å²) in [5.74, 6) is 0.189. The first-order chi connectivity index (χ1) is 13.1. The largest absolute Gasteiger partial charge is 0.326 e. The quantitative estimate of drug-likeness (QED) is 0.522. The van der Waals surface area contributed by atoms with Crippen molar-refractivity contribution in [2.24, 2.45) is 5.73 Å². The van der Waals surface area contributed by atoms with Crippen LogP contribution < -0.4 is 11.1 Å². The van der Waals surface area contributed by atoms with Gasteiger partial charge >= 0.3 is 0 Å². The minimum atomic E-state index is -0.251. The van der Waals surface area contributed by atoms with E-state index in [4.69, 9.17) is 11.0 Å². The number of H-pyrrole nitrogens is 1. The Balaban J connectivity index is 1.70. The number of nitrogens with one attached hydrogen (secondary N) is 2. The number of carbonyl (C=O) groups is 1. The van der Waals surface area contributed by atoms with Gasteiger partial charge in [-0.05, 0) is 53.1 Å². The van der Waals surface area contributed by atoms with Crippen LogP contribution in [0.2, 0.25) is 0 Å². The third-order valence-electron chi connectivity index (χ3n) is 4.71. The van der Waals surface area contributed by atoms with E-state index in [1.165, 1.54) is 0 Å². The number of benzene rings is 3. The molecule has 1 heterocycles. The van der Waals surface area contributed by atoms with Gasteiger partial charge in [0.15, 0.2) is 5.82 Å². The van der Waals surface area contributed by atoms with E-state index in [2.05, 4.69) is 21.6 Å². The number of fused-ring (bicyclic) bond motifs is 2. The van der Waals surface area contributed by atoms with Crippen LogP contribution in [-0.4, -0.2) is 16.1 Å². The third-order valence-corrected chi connectivity index (χ3v) is 4.71. The predicted octanol–water partition coefficient (Wildman–Crippen LogP) is 3.61. The summed E-state index contributed by atoms with van der Waals surface area (Å²) in [6, 6.07) is 17.2. The molecule has 1 amide bonds. The lowest BCUT2D eigenvalue weighted by molar-refractivity contribution is 0.102. The van der Waals surface area contributed by atoms with Crippen molar-refractivity contribution >= 4 is 33.4 Å². The summed E-state index contributed by atoms with van der Waals surface area (Å²) in [5, 5.41) is 21.8. The molecule has 0 radical (unpaired) electrons. The van der Waals surface area contributed by atoms with E-state index in [1.807, 2.05) is 43.3 Å². The van der Waals surface area contributed by atoms with Crippen LogP contribution in [0.4, 0.5) is 5.82 Å². The maximum Gasteiger partial charge on any atom is 0.256 e. The molecule has 4 rings (SSSR count). The van der Waals surface area contributed by atoms with Gasteiger partial charge in [-0.2, -0.15) is 10.4 Å². The lowest BCUT2D eigenvalue weighted by Crippen LogP contribution is -2.12. The van der Waals surface area contributed by atoms with Gasteiger partial charge in [0, 0.05) is 17.5 Å². The fraction of sp³-hybridized carbons (Fsp3) is 0.0952. The summed E-state index contributed by atoms with van der Waals surface area (Å²) >= 11 is 0. The molecule has 1 aromatic heterocycles. The molecule has 0 bridgehead atoms. The zero-order chi connectivity index (χ0) is 19.0. The molecule has 0 saturated carbocycles. The Kier molecular flexibility index (Phi) is 4.07. The highest BCUT2D eigenvalue weighted by Gasteiger charge is 2.14. The molecular weight excluding hydrogens is 338 g/mol. The predicted molar refractivity (Wildman–Crippen MR) is 105 cm³/mol. The highest BCUT2D eigenvalue weighted by atomic mass is 16.1. The number of hydrogen-bond acceptors (Lipinski definition) is 4. The average molecular weight is 355 g/mol. The van der Waals surface area contributed by atoms with Crippen LogP contribution >= 0.6 is 0 Å². The molecule has 0 aliphatic heterocycles. The summed E-state index contributed by atoms with van der Waals surface area (Å²) < 4.78 is 0. The van der Waals surface area contributed by atoms with Crippen LogP contribution in [-0.2, 0) is 6.54 Å². The van der Waals surface area contributed by atoms with Crippen molar-refractivity contribution in [3.05, 3.63) is 70.8 Å². The number of nitriles is 1. The molecule has 0 unspecified atom stereocenters. The Hall–Kier alpha value is -3.69. The molecule has 132 valence electrons. The molecule has 27 heavy (non-hydrogen) atoms. The van der Waals surface area contributed by atoms with Crippen molar-refractivity contribution in [1.82, 2.24) is 10.2 Å². The van der Waals surface area contributed by atoms with Crippen molar-refractivity contribution in [3.8, 4) is 6.07 Å². The topological polar surface area (TPSA) is 108 Å². The standard InChI is InChI=1S/C21H17N5O/c1-12-7-18-19(9-16(12)11-23)25-26-20(18)24-21(27)14-6-5-13-3-2-4-15(10-22)17(13)8-14/h2-9H,10,22H2,1H3,(H2,24,25,26,27). The molecule has 0 saturated heterocycles. The van der Waals surface area contributed by atoms with Gasteiger partial charge in [-0.15, -0.1) is 0 Å². The zero-order valence-corrected chi connectivity index (χ0v) is 14.7. The van der Waals surface area contributed by atoms with Crippen LogP contribution in [0.15, 0.2) is 48.5 Å². The van der Waals surface area contributed by atoms with Crippen LogP contribution in [0.3, 0.4) is 0 Å². The number of nitrogens with zero attached hydrogens (tertiary/aromatic N) is 2. The van der Waals surface area contributed by atoms with Crippen LogP contribution in [0, 0.1) is 18.3 Å². The fourth-order valence-corrected chi connectivity index (χ4v) is 3.22. The smallest absolute Gasteiger partial charge is 0.256 e. The second-order valence-electron chi connectivity index (χ2n) is 6.41. The number of amides is 1. The van der Waals surface area contributed by atoms with Gasteiger partial charge in [0.05, 0.1) is 17.1 Å². The minimum absolute atomic E-state index is 0.251. The summed E-state index contributed by atoms with van der Waals surface area (Å²) in [4.78, 5) is 12.8. The third kappa shape index (κ3) is 2.90. The number of carbonyl (C=O) groups excluding carboxylic acids is 1. The van der Waals surface area contributed by atoms with E-state index in [1.54, 1.807) is 12.1 Å². The van der Waals surface area contributed by atoms with Crippen LogP contribution in [0.5, 0.6) is 0 Å². The van der Waals surface area contributed by atoms with E-state index in [9.17, 15) is 4.79 Å². The van der Waals surface area contributed by atoms with Gasteiger partial charge in [0.25, 0.3) is 5.91 Å². The number of aryl methyl sites for hydroxylation is 1. The Morgan fingerprint density at radius 1 is 1.22 bits per heavy atom. The van der Waals surface area contributed by atoms with Gasteiger partial charge in [-0.1, -0.05) is 24.3 Å². The van der Waals surface area contributed by atoms with E-state index >= 15 is 0 Å². The number of anilines is 1. The Bertz CT molecular complexity index is 1230. The van der Waals surface area contributed by atoms with Crippen molar-refractivity contribution in [1.29, 1.82) is 5.26 Å². The lowest BCUT2D eigenvalue weighted by Gasteiger charge is -2.08. The van der Waals surface area contributed by atoms with Crippen molar-refractivity contribution in [2.45, 2.75) is 13.5 Å². The van der Waals surface area contributed by atoms with Gasteiger partial charge in [0.1, 0.15) is 0 Å². The maximum atomic E-state index is 12.8. The molecule has 6 nitrogen and oxygen atoms in total. The second-order valence-corrected chi connectivity index (χ2v) is 6.41. The number of hydrogen-bond donors (Lipinski definition) is 3. The Morgan fingerprint density at radius 3 is 2.85 bits per heavy atom. The van der Waals surface area contributed by atoms with E-state index in [-0.39, 0.29) is 5.91 Å². The van der Waals surface area contributed by atoms with Gasteiger partial charge in [0.2, 0.25) is 0 Å². The second kappa shape index (κ2) is 6.56. The molecule has 0 spiro atoms. The number of aromatic nitrogens is 2. The molecule has 0 aliphatic carbocycles. The average Bonchev–Trinajstić information content (AvgIpc) is 3.07. The molecule has 4 aromatic rings. The van der Waals surface area contributed by atoms with E-state index in [0.29, 0.717) is 29.0 Å². The SMILES string of the molecule is Cc1cc2c(NC(=O)c3ccc4cccc(CN)c4c3)n[nH]c2cc1C#N. The summed E-state index contributed by atoms with van der Waals surface area (Å²) in [7, 11) is 0. The molecule has 0 aliphatic rings. The van der Waals surface area contributed by atoms with Gasteiger partial charge in [-0.3, -0.25) is 9.89 Å². The molecule has 4 N–H and O–H groups in total. The Labute approximate surface area is 155 Å². The van der Waals surface area contributed by atoms with Crippen LogP contribution in [0.1, 0.15) is 27.0 Å². The molecular formula is C21H17N5O. The summed E-state index contributed by atoms with van der Waals surface area (Å²) in [5.41, 5.74) is 9.45. The molecule has 0 atom stereocenters. The highest BCUT2D eigenvalue weighted by Crippen LogP contribution is 2.25. The lowest BCUT2D eigenvalue weighted by atomic mass is 10.0. The van der Waals surface area contributed by atoms with Crippen molar-refractivity contribution in [2.75, 3.05) is 5.32 Å².